The summed E-state index contributed by atoms with van der Waals surface area (Å²) in [6, 6.07) is 22.3. The summed E-state index contributed by atoms with van der Waals surface area (Å²) in [5, 5.41) is 2.92. The van der Waals surface area contributed by atoms with Gasteiger partial charge in [-0.1, -0.05) is 42.0 Å². The van der Waals surface area contributed by atoms with Crippen molar-refractivity contribution in [2.75, 3.05) is 31.5 Å². The maximum Gasteiger partial charge on any atom is 0.255 e. The highest BCUT2D eigenvalue weighted by atomic mass is 32.2. The Morgan fingerprint density at radius 2 is 1.52 bits per heavy atom. The maximum atomic E-state index is 12.9. The van der Waals surface area contributed by atoms with E-state index in [-0.39, 0.29) is 5.91 Å². The molecule has 6 nitrogen and oxygen atoms in total. The Labute approximate surface area is 195 Å². The number of piperazine rings is 1. The molecule has 7 heteroatoms. The molecule has 3 aromatic rings. The van der Waals surface area contributed by atoms with Crippen molar-refractivity contribution >= 4 is 21.6 Å². The fourth-order valence-corrected chi connectivity index (χ4v) is 5.36. The van der Waals surface area contributed by atoms with Crippen molar-refractivity contribution in [3.05, 3.63) is 95.1 Å². The van der Waals surface area contributed by atoms with Crippen LogP contribution in [-0.2, 0) is 16.6 Å². The summed E-state index contributed by atoms with van der Waals surface area (Å²) >= 11 is 0. The Bertz CT molecular complexity index is 1210. The number of sulfonamides is 1. The third kappa shape index (κ3) is 5.68. The standard InChI is InChI=1S/C26H29N3O3S/c1-20-6-12-25(13-7-20)33(31,32)29-16-14-28(15-17-29)19-22-8-10-23(11-9-22)26(30)27-24-5-3-4-21(2)18-24/h3-13,18H,14-17,19H2,1-2H3,(H,27,30). The van der Waals surface area contributed by atoms with Crippen LogP contribution in [-0.4, -0.2) is 49.7 Å². The van der Waals surface area contributed by atoms with Gasteiger partial charge in [-0.25, -0.2) is 8.42 Å². The van der Waals surface area contributed by atoms with Crippen LogP contribution < -0.4 is 5.32 Å². The number of nitrogens with one attached hydrogen (secondary N) is 1. The molecular weight excluding hydrogens is 434 g/mol. The van der Waals surface area contributed by atoms with Gasteiger partial charge in [-0.2, -0.15) is 4.31 Å². The van der Waals surface area contributed by atoms with Crippen LogP contribution in [0.5, 0.6) is 0 Å². The molecular formula is C26H29N3O3S. The van der Waals surface area contributed by atoms with Crippen molar-refractivity contribution < 1.29 is 13.2 Å². The number of anilines is 1. The Morgan fingerprint density at radius 1 is 0.848 bits per heavy atom. The predicted octanol–water partition coefficient (Wildman–Crippen LogP) is 4.06. The lowest BCUT2D eigenvalue weighted by Crippen LogP contribution is -2.48. The van der Waals surface area contributed by atoms with Gasteiger partial charge < -0.3 is 5.32 Å². The average Bonchev–Trinajstić information content (AvgIpc) is 2.80. The molecule has 0 unspecified atom stereocenters. The second-order valence-electron chi connectivity index (χ2n) is 8.51. The Hall–Kier alpha value is -3.00. The number of amides is 1. The lowest BCUT2D eigenvalue weighted by Gasteiger charge is -2.34. The molecule has 0 aliphatic carbocycles. The van der Waals surface area contributed by atoms with Gasteiger partial charge in [0.1, 0.15) is 0 Å². The highest BCUT2D eigenvalue weighted by Crippen LogP contribution is 2.19. The Kier molecular flexibility index (Phi) is 6.93. The first-order valence-electron chi connectivity index (χ1n) is 11.1. The number of hydrogen-bond acceptors (Lipinski definition) is 4. The van der Waals surface area contributed by atoms with Crippen molar-refractivity contribution in [3.8, 4) is 0 Å². The van der Waals surface area contributed by atoms with Crippen LogP contribution in [0.3, 0.4) is 0 Å². The molecule has 0 aromatic heterocycles. The van der Waals surface area contributed by atoms with Gasteiger partial charge >= 0.3 is 0 Å². The van der Waals surface area contributed by atoms with Crippen LogP contribution in [0.15, 0.2) is 77.7 Å². The zero-order valence-corrected chi connectivity index (χ0v) is 19.8. The first kappa shape index (κ1) is 23.2. The van der Waals surface area contributed by atoms with Crippen LogP contribution in [0.4, 0.5) is 5.69 Å². The quantitative estimate of drug-likeness (QED) is 0.599. The van der Waals surface area contributed by atoms with E-state index in [1.54, 1.807) is 16.4 Å². The molecule has 0 spiro atoms. The molecule has 1 heterocycles. The third-order valence-electron chi connectivity index (χ3n) is 5.89. The zero-order chi connectivity index (χ0) is 23.4. The van der Waals surface area contributed by atoms with E-state index in [9.17, 15) is 13.2 Å². The highest BCUT2D eigenvalue weighted by Gasteiger charge is 2.28. The molecule has 1 N–H and O–H groups in total. The number of carbonyl (C=O) groups is 1. The number of benzene rings is 3. The molecule has 0 saturated carbocycles. The summed E-state index contributed by atoms with van der Waals surface area (Å²) in [6.45, 7) is 6.92. The van der Waals surface area contributed by atoms with Crippen LogP contribution in [0.1, 0.15) is 27.0 Å². The molecule has 0 atom stereocenters. The first-order chi connectivity index (χ1) is 15.8. The fraction of sp³-hybridized carbons (Fsp3) is 0.269. The van der Waals surface area contributed by atoms with Gasteiger partial charge in [0.2, 0.25) is 10.0 Å². The van der Waals surface area contributed by atoms with Gasteiger partial charge in [-0.15, -0.1) is 0 Å². The molecule has 1 fully saturated rings. The molecule has 4 rings (SSSR count). The molecule has 0 radical (unpaired) electrons. The lowest BCUT2D eigenvalue weighted by atomic mass is 10.1. The third-order valence-corrected chi connectivity index (χ3v) is 7.80. The SMILES string of the molecule is Cc1ccc(S(=O)(=O)N2CCN(Cc3ccc(C(=O)Nc4cccc(C)c4)cc3)CC2)cc1. The van der Waals surface area contributed by atoms with E-state index in [1.165, 1.54) is 0 Å². The monoisotopic (exact) mass is 463 g/mol. The lowest BCUT2D eigenvalue weighted by molar-refractivity contribution is 0.102. The summed E-state index contributed by atoms with van der Waals surface area (Å²) in [7, 11) is -3.46. The maximum absolute atomic E-state index is 12.9. The van der Waals surface area contributed by atoms with Gasteiger partial charge in [0.05, 0.1) is 4.90 Å². The first-order valence-corrected chi connectivity index (χ1v) is 12.5. The Balaban J connectivity index is 1.31. The minimum Gasteiger partial charge on any atom is -0.322 e. The number of hydrogen-bond donors (Lipinski definition) is 1. The predicted molar refractivity (Wildman–Crippen MR) is 131 cm³/mol. The molecule has 3 aromatic carbocycles. The van der Waals surface area contributed by atoms with Gasteiger partial charge in [0.25, 0.3) is 5.91 Å². The summed E-state index contributed by atoms with van der Waals surface area (Å²) < 4.78 is 27.3. The molecule has 1 aliphatic rings. The van der Waals surface area contributed by atoms with Crippen molar-refractivity contribution in [3.63, 3.8) is 0 Å². The second-order valence-corrected chi connectivity index (χ2v) is 10.5. The normalized spacial score (nSPS) is 15.3. The largest absolute Gasteiger partial charge is 0.322 e. The van der Waals surface area contributed by atoms with Crippen molar-refractivity contribution in [1.29, 1.82) is 0 Å². The second kappa shape index (κ2) is 9.87. The minimum absolute atomic E-state index is 0.137. The summed E-state index contributed by atoms with van der Waals surface area (Å²) in [5.74, 6) is -0.137. The zero-order valence-electron chi connectivity index (χ0n) is 19.0. The summed E-state index contributed by atoms with van der Waals surface area (Å²) in [4.78, 5) is 15.1. The number of carbonyl (C=O) groups excluding carboxylic acids is 1. The Morgan fingerprint density at radius 3 is 2.15 bits per heavy atom. The molecule has 1 aliphatic heterocycles. The van der Waals surface area contributed by atoms with E-state index in [1.807, 2.05) is 74.5 Å². The molecule has 1 saturated heterocycles. The van der Waals surface area contributed by atoms with Gasteiger partial charge in [0.15, 0.2) is 0 Å². The minimum atomic E-state index is -3.46. The van der Waals surface area contributed by atoms with E-state index in [0.29, 0.717) is 36.6 Å². The number of nitrogens with zero attached hydrogens (tertiary/aromatic N) is 2. The summed E-state index contributed by atoms with van der Waals surface area (Å²) in [5.41, 5.74) is 4.61. The van der Waals surface area contributed by atoms with Crippen LogP contribution in [0.25, 0.3) is 0 Å². The highest BCUT2D eigenvalue weighted by molar-refractivity contribution is 7.89. The van der Waals surface area contributed by atoms with Gasteiger partial charge in [-0.05, 0) is 61.4 Å². The van der Waals surface area contributed by atoms with E-state index >= 15 is 0 Å². The van der Waals surface area contributed by atoms with Crippen molar-refractivity contribution in [1.82, 2.24) is 9.21 Å². The molecule has 1 amide bonds. The van der Waals surface area contributed by atoms with Crippen LogP contribution in [0, 0.1) is 13.8 Å². The summed E-state index contributed by atoms with van der Waals surface area (Å²) in [6.07, 6.45) is 0. The van der Waals surface area contributed by atoms with Crippen LogP contribution >= 0.6 is 0 Å². The van der Waals surface area contributed by atoms with Gasteiger partial charge in [0, 0.05) is 44.0 Å². The van der Waals surface area contributed by atoms with E-state index < -0.39 is 10.0 Å². The van der Waals surface area contributed by atoms with Crippen molar-refractivity contribution in [2.45, 2.75) is 25.3 Å². The van der Waals surface area contributed by atoms with Crippen molar-refractivity contribution in [2.24, 2.45) is 0 Å². The van der Waals surface area contributed by atoms with E-state index in [0.717, 1.165) is 28.9 Å². The van der Waals surface area contributed by atoms with Gasteiger partial charge in [-0.3, -0.25) is 9.69 Å². The average molecular weight is 464 g/mol. The van der Waals surface area contributed by atoms with Crippen LogP contribution in [0.2, 0.25) is 0 Å². The van der Waals surface area contributed by atoms with E-state index in [2.05, 4.69) is 10.2 Å². The molecule has 172 valence electrons. The number of aryl methyl sites for hydroxylation is 2. The molecule has 0 bridgehead atoms. The smallest absolute Gasteiger partial charge is 0.255 e. The molecule has 33 heavy (non-hydrogen) atoms. The number of rotatable bonds is 6. The fourth-order valence-electron chi connectivity index (χ4n) is 3.93. The topological polar surface area (TPSA) is 69.7 Å². The van der Waals surface area contributed by atoms with E-state index in [4.69, 9.17) is 0 Å².